The second-order valence-corrected chi connectivity index (χ2v) is 7.69. The average Bonchev–Trinajstić information content (AvgIpc) is 3.09. The Morgan fingerprint density at radius 1 is 1.04 bits per heavy atom. The lowest BCUT2D eigenvalue weighted by molar-refractivity contribution is 0.857. The first-order valence-electron chi connectivity index (χ1n) is 8.61. The number of para-hydroxylation sites is 1. The molecule has 0 bridgehead atoms. The molecule has 0 unspecified atom stereocenters. The Hall–Kier alpha value is -2.60. The molecule has 0 amide bonds. The van der Waals surface area contributed by atoms with Gasteiger partial charge in [-0.3, -0.25) is 13.8 Å². The van der Waals surface area contributed by atoms with Crippen LogP contribution in [-0.4, -0.2) is 19.2 Å². The normalized spacial score (nSPS) is 11.7. The standard InChI is InChI=1S/C20H20N4OS/c1-13(2)14-8-10-15(11-9-14)26-12-18-21-22-20-23(3)19(25)16-6-4-5-7-17(16)24(18)20/h4-11,13H,12H2,1-3H3. The van der Waals surface area contributed by atoms with Gasteiger partial charge in [-0.05, 0) is 35.7 Å². The molecule has 0 saturated heterocycles. The smallest absolute Gasteiger partial charge is 0.262 e. The minimum atomic E-state index is -0.0519. The van der Waals surface area contributed by atoms with Gasteiger partial charge in [0.25, 0.3) is 5.56 Å². The maximum atomic E-state index is 12.5. The van der Waals surface area contributed by atoms with Gasteiger partial charge < -0.3 is 0 Å². The maximum Gasteiger partial charge on any atom is 0.262 e. The van der Waals surface area contributed by atoms with Crippen molar-refractivity contribution >= 4 is 28.4 Å². The second kappa shape index (κ2) is 6.61. The molecule has 2 heterocycles. The molecule has 2 aromatic heterocycles. The molecule has 0 aliphatic carbocycles. The largest absolute Gasteiger partial charge is 0.279 e. The second-order valence-electron chi connectivity index (χ2n) is 6.65. The number of fused-ring (bicyclic) bond motifs is 3. The molecule has 0 spiro atoms. The van der Waals surface area contributed by atoms with Gasteiger partial charge in [0.1, 0.15) is 5.82 Å². The Kier molecular flexibility index (Phi) is 4.28. The highest BCUT2D eigenvalue weighted by Crippen LogP contribution is 2.25. The van der Waals surface area contributed by atoms with Crippen LogP contribution in [-0.2, 0) is 12.8 Å². The average molecular weight is 364 g/mol. The zero-order chi connectivity index (χ0) is 18.3. The number of nitrogens with zero attached hydrogens (tertiary/aromatic N) is 4. The van der Waals surface area contributed by atoms with Crippen molar-refractivity contribution in [2.45, 2.75) is 30.4 Å². The third kappa shape index (κ3) is 2.80. The summed E-state index contributed by atoms with van der Waals surface area (Å²) in [5.41, 5.74) is 2.13. The van der Waals surface area contributed by atoms with E-state index in [1.165, 1.54) is 10.5 Å². The first kappa shape index (κ1) is 16.8. The van der Waals surface area contributed by atoms with Gasteiger partial charge in [-0.2, -0.15) is 0 Å². The van der Waals surface area contributed by atoms with Gasteiger partial charge in [0, 0.05) is 11.9 Å². The van der Waals surface area contributed by atoms with Gasteiger partial charge >= 0.3 is 0 Å². The molecule has 4 rings (SSSR count). The Morgan fingerprint density at radius 2 is 1.77 bits per heavy atom. The fourth-order valence-electron chi connectivity index (χ4n) is 3.08. The van der Waals surface area contributed by atoms with E-state index < -0.39 is 0 Å². The summed E-state index contributed by atoms with van der Waals surface area (Å²) in [5, 5.41) is 9.26. The lowest BCUT2D eigenvalue weighted by atomic mass is 10.0. The Morgan fingerprint density at radius 3 is 2.50 bits per heavy atom. The van der Waals surface area contributed by atoms with Gasteiger partial charge in [-0.25, -0.2) is 0 Å². The molecule has 0 saturated carbocycles. The van der Waals surface area contributed by atoms with E-state index in [1.54, 1.807) is 23.4 Å². The van der Waals surface area contributed by atoms with Crippen LogP contribution in [0.25, 0.3) is 16.7 Å². The van der Waals surface area contributed by atoms with E-state index in [0.717, 1.165) is 11.3 Å². The molecule has 0 radical (unpaired) electrons. The fraction of sp³-hybridized carbons (Fsp3) is 0.250. The maximum absolute atomic E-state index is 12.5. The van der Waals surface area contributed by atoms with Crippen molar-refractivity contribution in [3.63, 3.8) is 0 Å². The SMILES string of the molecule is CC(C)c1ccc(SCc2nnc3n(C)c(=O)c4ccccc4n23)cc1. The van der Waals surface area contributed by atoms with Crippen molar-refractivity contribution < 1.29 is 0 Å². The molecule has 0 atom stereocenters. The first-order chi connectivity index (χ1) is 12.6. The predicted octanol–water partition coefficient (Wildman–Crippen LogP) is 4.00. The first-order valence-corrected chi connectivity index (χ1v) is 9.59. The highest BCUT2D eigenvalue weighted by Gasteiger charge is 2.14. The minimum absolute atomic E-state index is 0.0519. The number of aromatic nitrogens is 4. The molecule has 6 heteroatoms. The van der Waals surface area contributed by atoms with E-state index in [1.807, 2.05) is 28.7 Å². The van der Waals surface area contributed by atoms with E-state index >= 15 is 0 Å². The van der Waals surface area contributed by atoms with Crippen molar-refractivity contribution in [2.75, 3.05) is 0 Å². The van der Waals surface area contributed by atoms with E-state index in [4.69, 9.17) is 0 Å². The van der Waals surface area contributed by atoms with Crippen molar-refractivity contribution in [2.24, 2.45) is 7.05 Å². The van der Waals surface area contributed by atoms with Crippen LogP contribution < -0.4 is 5.56 Å². The van der Waals surface area contributed by atoms with Crippen LogP contribution in [0.1, 0.15) is 31.2 Å². The zero-order valence-electron chi connectivity index (χ0n) is 15.0. The molecule has 0 aliphatic heterocycles. The summed E-state index contributed by atoms with van der Waals surface area (Å²) >= 11 is 1.72. The minimum Gasteiger partial charge on any atom is -0.279 e. The van der Waals surface area contributed by atoms with Crippen LogP contribution in [0.2, 0.25) is 0 Å². The highest BCUT2D eigenvalue weighted by atomic mass is 32.2. The van der Waals surface area contributed by atoms with Gasteiger partial charge in [-0.1, -0.05) is 38.1 Å². The highest BCUT2D eigenvalue weighted by molar-refractivity contribution is 7.98. The number of benzene rings is 2. The van der Waals surface area contributed by atoms with Crippen LogP contribution in [0.15, 0.2) is 58.2 Å². The third-order valence-electron chi connectivity index (χ3n) is 4.61. The third-order valence-corrected chi connectivity index (χ3v) is 5.62. The summed E-state index contributed by atoms with van der Waals surface area (Å²) in [6, 6.07) is 16.3. The number of hydrogen-bond donors (Lipinski definition) is 0. The summed E-state index contributed by atoms with van der Waals surface area (Å²) in [6.07, 6.45) is 0. The molecule has 5 nitrogen and oxygen atoms in total. The van der Waals surface area contributed by atoms with E-state index in [-0.39, 0.29) is 5.56 Å². The van der Waals surface area contributed by atoms with E-state index in [9.17, 15) is 4.79 Å². The topological polar surface area (TPSA) is 52.2 Å². The zero-order valence-corrected chi connectivity index (χ0v) is 15.8. The monoisotopic (exact) mass is 364 g/mol. The number of rotatable bonds is 4. The molecule has 0 aliphatic rings. The van der Waals surface area contributed by atoms with Gasteiger partial charge in [-0.15, -0.1) is 22.0 Å². The van der Waals surface area contributed by atoms with Gasteiger partial charge in [0.2, 0.25) is 5.78 Å². The summed E-state index contributed by atoms with van der Waals surface area (Å²) in [6.45, 7) is 4.39. The summed E-state index contributed by atoms with van der Waals surface area (Å²) < 4.78 is 3.53. The van der Waals surface area contributed by atoms with Crippen molar-refractivity contribution in [1.82, 2.24) is 19.2 Å². The number of hydrogen-bond acceptors (Lipinski definition) is 4. The number of thioether (sulfide) groups is 1. The molecule has 2 aromatic carbocycles. The van der Waals surface area contributed by atoms with Gasteiger partial charge in [0.05, 0.1) is 16.7 Å². The van der Waals surface area contributed by atoms with Crippen molar-refractivity contribution in [1.29, 1.82) is 0 Å². The Labute approximate surface area is 155 Å². The summed E-state index contributed by atoms with van der Waals surface area (Å²) in [4.78, 5) is 13.7. The van der Waals surface area contributed by atoms with Crippen LogP contribution in [0, 0.1) is 0 Å². The Bertz CT molecular complexity index is 1140. The Balaban J connectivity index is 1.72. The van der Waals surface area contributed by atoms with Crippen LogP contribution in [0.4, 0.5) is 0 Å². The lowest BCUT2D eigenvalue weighted by Gasteiger charge is -2.08. The van der Waals surface area contributed by atoms with Crippen LogP contribution in [0.3, 0.4) is 0 Å². The quantitative estimate of drug-likeness (QED) is 0.514. The molecule has 0 fully saturated rings. The van der Waals surface area contributed by atoms with Crippen LogP contribution >= 0.6 is 11.8 Å². The molecular formula is C20H20N4OS. The molecule has 26 heavy (non-hydrogen) atoms. The van der Waals surface area contributed by atoms with E-state index in [0.29, 0.717) is 22.8 Å². The van der Waals surface area contributed by atoms with Gasteiger partial charge in [0.15, 0.2) is 0 Å². The van der Waals surface area contributed by atoms with Crippen molar-refractivity contribution in [3.8, 4) is 0 Å². The van der Waals surface area contributed by atoms with E-state index in [2.05, 4.69) is 48.3 Å². The van der Waals surface area contributed by atoms with Crippen molar-refractivity contribution in [3.05, 3.63) is 70.3 Å². The number of aryl methyl sites for hydroxylation is 1. The molecule has 0 N–H and O–H groups in total. The molecule has 132 valence electrons. The summed E-state index contributed by atoms with van der Waals surface area (Å²) in [5.74, 6) is 2.62. The summed E-state index contributed by atoms with van der Waals surface area (Å²) in [7, 11) is 1.74. The fourth-order valence-corrected chi connectivity index (χ4v) is 3.89. The lowest BCUT2D eigenvalue weighted by Crippen LogP contribution is -2.20. The van der Waals surface area contributed by atoms with Crippen LogP contribution in [0.5, 0.6) is 0 Å². The predicted molar refractivity (Wildman–Crippen MR) is 106 cm³/mol. The molecular weight excluding hydrogens is 344 g/mol. The molecule has 4 aromatic rings.